The molecule has 6 heteroatoms. The summed E-state index contributed by atoms with van der Waals surface area (Å²) in [6.45, 7) is 0.0286. The molecule has 1 aliphatic carbocycles. The van der Waals surface area contributed by atoms with Crippen molar-refractivity contribution in [3.8, 4) is 0 Å². The Morgan fingerprint density at radius 3 is 3.05 bits per heavy atom. The molecular weight excluding hydrogens is 348 g/mol. The van der Waals surface area contributed by atoms with Gasteiger partial charge >= 0.3 is 5.97 Å². The Morgan fingerprint density at radius 1 is 1.41 bits per heavy atom. The lowest BCUT2D eigenvalue weighted by Gasteiger charge is -2.16. The van der Waals surface area contributed by atoms with Crippen LogP contribution in [0.25, 0.3) is 5.65 Å². The topological polar surface area (TPSA) is 60.7 Å². The maximum Gasteiger partial charge on any atom is 0.309 e. The second-order valence-corrected chi connectivity index (χ2v) is 6.17. The molecule has 0 saturated carbocycles. The number of aromatic nitrogens is 2. The van der Waals surface area contributed by atoms with Crippen LogP contribution in [-0.2, 0) is 16.1 Å². The van der Waals surface area contributed by atoms with Crippen molar-refractivity contribution in [3.63, 3.8) is 0 Å². The highest BCUT2D eigenvalue weighted by molar-refractivity contribution is 9.10. The molecule has 0 amide bonds. The van der Waals surface area contributed by atoms with Crippen LogP contribution in [0.5, 0.6) is 0 Å². The Hall–Kier alpha value is -1.95. The van der Waals surface area contributed by atoms with Gasteiger partial charge in [-0.25, -0.2) is 4.98 Å². The van der Waals surface area contributed by atoms with Gasteiger partial charge in [0.05, 0.1) is 11.6 Å². The lowest BCUT2D eigenvalue weighted by atomic mass is 9.95. The SMILES string of the molecule is O=C(OCc1cc(=O)n2cc(Br)ccc2n1)[C@H]1CC=CCC1. The quantitative estimate of drug-likeness (QED) is 0.622. The Morgan fingerprint density at radius 2 is 2.27 bits per heavy atom. The van der Waals surface area contributed by atoms with Gasteiger partial charge in [-0.05, 0) is 47.3 Å². The van der Waals surface area contributed by atoms with E-state index in [0.717, 1.165) is 23.7 Å². The van der Waals surface area contributed by atoms with Crippen LogP contribution in [0.4, 0.5) is 0 Å². The average molecular weight is 363 g/mol. The number of pyridine rings is 1. The number of carbonyl (C=O) groups excluding carboxylic acids is 1. The third-order valence-electron chi connectivity index (χ3n) is 3.64. The minimum atomic E-state index is -0.220. The lowest BCUT2D eigenvalue weighted by molar-refractivity contribution is -0.150. The smallest absolute Gasteiger partial charge is 0.309 e. The first kappa shape index (κ1) is 15.0. The van der Waals surface area contributed by atoms with Crippen LogP contribution >= 0.6 is 15.9 Å². The van der Waals surface area contributed by atoms with Crippen molar-refractivity contribution in [3.05, 3.63) is 57.1 Å². The highest BCUT2D eigenvalue weighted by Gasteiger charge is 2.20. The Kier molecular flexibility index (Phi) is 4.38. The maximum atomic E-state index is 12.1. The maximum absolute atomic E-state index is 12.1. The molecule has 0 N–H and O–H groups in total. The number of carbonyl (C=O) groups is 1. The number of hydrogen-bond acceptors (Lipinski definition) is 4. The third-order valence-corrected chi connectivity index (χ3v) is 4.11. The molecule has 5 nitrogen and oxygen atoms in total. The summed E-state index contributed by atoms with van der Waals surface area (Å²) in [5, 5.41) is 0. The van der Waals surface area contributed by atoms with Gasteiger partial charge in [0.15, 0.2) is 0 Å². The van der Waals surface area contributed by atoms with Crippen molar-refractivity contribution in [2.75, 3.05) is 0 Å². The zero-order chi connectivity index (χ0) is 15.5. The Labute approximate surface area is 135 Å². The average Bonchev–Trinajstić information content (AvgIpc) is 2.54. The number of esters is 1. The predicted molar refractivity (Wildman–Crippen MR) is 85.4 cm³/mol. The molecule has 0 aliphatic heterocycles. The van der Waals surface area contributed by atoms with Gasteiger partial charge < -0.3 is 4.74 Å². The van der Waals surface area contributed by atoms with Crippen LogP contribution in [0.2, 0.25) is 0 Å². The van der Waals surface area contributed by atoms with Crippen molar-refractivity contribution < 1.29 is 9.53 Å². The van der Waals surface area contributed by atoms with Crippen molar-refractivity contribution in [1.82, 2.24) is 9.38 Å². The second-order valence-electron chi connectivity index (χ2n) is 5.25. The summed E-state index contributed by atoms with van der Waals surface area (Å²) < 4.78 is 7.55. The minimum Gasteiger partial charge on any atom is -0.459 e. The molecule has 114 valence electrons. The standard InChI is InChI=1S/C16H15BrN2O3/c17-12-6-7-14-18-13(8-15(20)19(14)9-12)10-22-16(21)11-4-2-1-3-5-11/h1-2,6-9,11H,3-5,10H2/t11-/m0/s1. The van der Waals surface area contributed by atoms with Gasteiger partial charge in [0.2, 0.25) is 0 Å². The fourth-order valence-corrected chi connectivity index (χ4v) is 2.81. The van der Waals surface area contributed by atoms with E-state index in [-0.39, 0.29) is 24.1 Å². The zero-order valence-electron chi connectivity index (χ0n) is 11.9. The van der Waals surface area contributed by atoms with Gasteiger partial charge in [-0.3, -0.25) is 14.0 Å². The zero-order valence-corrected chi connectivity index (χ0v) is 13.5. The van der Waals surface area contributed by atoms with Crippen molar-refractivity contribution >= 4 is 27.5 Å². The van der Waals surface area contributed by atoms with E-state index in [1.54, 1.807) is 12.3 Å². The van der Waals surface area contributed by atoms with Crippen LogP contribution in [0, 0.1) is 5.92 Å². The highest BCUT2D eigenvalue weighted by Crippen LogP contribution is 2.20. The largest absolute Gasteiger partial charge is 0.459 e. The summed E-state index contributed by atoms with van der Waals surface area (Å²) >= 11 is 3.32. The lowest BCUT2D eigenvalue weighted by Crippen LogP contribution is -2.20. The highest BCUT2D eigenvalue weighted by atomic mass is 79.9. The van der Waals surface area contributed by atoms with Gasteiger partial charge in [0.25, 0.3) is 5.56 Å². The number of hydrogen-bond donors (Lipinski definition) is 0. The molecule has 0 fully saturated rings. The molecule has 0 saturated heterocycles. The summed E-state index contributed by atoms with van der Waals surface area (Å²) in [4.78, 5) is 28.4. The van der Waals surface area contributed by atoms with Gasteiger partial charge in [-0.1, -0.05) is 12.2 Å². The van der Waals surface area contributed by atoms with E-state index in [4.69, 9.17) is 4.74 Å². The molecule has 0 spiro atoms. The van der Waals surface area contributed by atoms with E-state index >= 15 is 0 Å². The van der Waals surface area contributed by atoms with E-state index in [1.807, 2.05) is 12.1 Å². The fraction of sp³-hybridized carbons (Fsp3) is 0.312. The molecule has 0 unspecified atom stereocenters. The second kappa shape index (κ2) is 6.44. The summed E-state index contributed by atoms with van der Waals surface area (Å²) in [5.74, 6) is -0.301. The van der Waals surface area contributed by atoms with Gasteiger partial charge in [-0.15, -0.1) is 0 Å². The molecule has 22 heavy (non-hydrogen) atoms. The molecule has 3 rings (SSSR count). The molecular formula is C16H15BrN2O3. The molecule has 2 aromatic heterocycles. The van der Waals surface area contributed by atoms with Crippen LogP contribution in [0.1, 0.15) is 25.0 Å². The first-order valence-corrected chi connectivity index (χ1v) is 7.92. The van der Waals surface area contributed by atoms with Gasteiger partial charge in [-0.2, -0.15) is 0 Å². The van der Waals surface area contributed by atoms with Crippen molar-refractivity contribution in [1.29, 1.82) is 0 Å². The van der Waals surface area contributed by atoms with E-state index in [2.05, 4.69) is 27.0 Å². The Bertz CT molecular complexity index is 798. The molecule has 2 aromatic rings. The van der Waals surface area contributed by atoms with Crippen molar-refractivity contribution in [2.45, 2.75) is 25.9 Å². The monoisotopic (exact) mass is 362 g/mol. The number of rotatable bonds is 3. The summed E-state index contributed by atoms with van der Waals surface area (Å²) in [6.07, 6.45) is 8.19. The normalized spacial score (nSPS) is 17.6. The molecule has 2 heterocycles. The van der Waals surface area contributed by atoms with E-state index in [0.29, 0.717) is 11.3 Å². The van der Waals surface area contributed by atoms with Crippen LogP contribution in [0.15, 0.2) is 45.8 Å². The molecule has 0 aromatic carbocycles. The van der Waals surface area contributed by atoms with Crippen LogP contribution in [-0.4, -0.2) is 15.4 Å². The molecule has 0 radical (unpaired) electrons. The van der Waals surface area contributed by atoms with Crippen molar-refractivity contribution in [2.24, 2.45) is 5.92 Å². The third kappa shape index (κ3) is 3.27. The molecule has 1 atom stereocenters. The molecule has 1 aliphatic rings. The van der Waals surface area contributed by atoms with Crippen LogP contribution < -0.4 is 5.56 Å². The van der Waals surface area contributed by atoms with E-state index in [9.17, 15) is 9.59 Å². The van der Waals surface area contributed by atoms with E-state index in [1.165, 1.54) is 10.5 Å². The Balaban J connectivity index is 1.74. The first-order valence-electron chi connectivity index (χ1n) is 7.13. The number of nitrogens with zero attached hydrogens (tertiary/aromatic N) is 2. The minimum absolute atomic E-state index is 0.0286. The summed E-state index contributed by atoms with van der Waals surface area (Å²) in [6, 6.07) is 4.95. The van der Waals surface area contributed by atoms with Gasteiger partial charge in [0.1, 0.15) is 12.3 Å². The number of fused-ring (bicyclic) bond motifs is 1. The first-order chi connectivity index (χ1) is 10.6. The number of halogens is 1. The predicted octanol–water partition coefficient (Wildman–Crippen LogP) is 2.86. The number of allylic oxidation sites excluding steroid dienone is 2. The van der Waals surface area contributed by atoms with Gasteiger partial charge in [0, 0.05) is 16.7 Å². The summed E-state index contributed by atoms with van der Waals surface area (Å²) in [7, 11) is 0. The van der Waals surface area contributed by atoms with Crippen LogP contribution in [0.3, 0.4) is 0 Å². The van der Waals surface area contributed by atoms with E-state index < -0.39 is 0 Å². The fourth-order valence-electron chi connectivity index (χ4n) is 2.47. The number of ether oxygens (including phenoxy) is 1. The molecule has 0 bridgehead atoms. The summed E-state index contributed by atoms with van der Waals surface area (Å²) in [5.41, 5.74) is 0.798.